The van der Waals surface area contributed by atoms with Crippen molar-refractivity contribution in [3.8, 4) is 0 Å². The van der Waals surface area contributed by atoms with E-state index in [-0.39, 0.29) is 72.5 Å². The molecule has 0 aliphatic carbocycles. The summed E-state index contributed by atoms with van der Waals surface area (Å²) in [6.45, 7) is 21.0. The van der Waals surface area contributed by atoms with Crippen molar-refractivity contribution >= 4 is 5.97 Å². The topological polar surface area (TPSA) is 122 Å². The Balaban J connectivity index is 1.13. The van der Waals surface area contributed by atoms with Crippen molar-refractivity contribution in [1.29, 1.82) is 0 Å². The lowest BCUT2D eigenvalue weighted by molar-refractivity contribution is -0.352. The van der Waals surface area contributed by atoms with Crippen molar-refractivity contribution in [2.24, 2.45) is 41.4 Å². The Morgan fingerprint density at radius 2 is 1.56 bits per heavy atom. The maximum atomic E-state index is 11.8. The number of hydrogen-bond donors (Lipinski definition) is 2. The highest BCUT2D eigenvalue weighted by atomic mass is 16.7. The highest BCUT2D eigenvalue weighted by Crippen LogP contribution is 2.57. The molecule has 19 atom stereocenters. The molecule has 0 amide bonds. The molecule has 0 radical (unpaired) electrons. The molecular weight excluding hydrogens is 640 g/mol. The molecule has 2 N–H and O–H groups in total. The molecule has 10 nitrogen and oxygen atoms in total. The molecule has 0 aromatic heterocycles. The lowest BCUT2D eigenvalue weighted by Gasteiger charge is -2.50. The van der Waals surface area contributed by atoms with Crippen molar-refractivity contribution < 1.29 is 48.2 Å². The molecule has 6 heterocycles. The van der Waals surface area contributed by atoms with E-state index in [4.69, 9.17) is 33.2 Å². The molecule has 10 heteroatoms. The molecule has 0 bridgehead atoms. The van der Waals surface area contributed by atoms with E-state index in [9.17, 15) is 15.0 Å². The first-order chi connectivity index (χ1) is 23.3. The van der Waals surface area contributed by atoms with Gasteiger partial charge in [-0.05, 0) is 90.4 Å². The van der Waals surface area contributed by atoms with E-state index in [2.05, 4.69) is 55.4 Å². The van der Waals surface area contributed by atoms with E-state index in [0.717, 1.165) is 51.4 Å². The first-order valence-corrected chi connectivity index (χ1v) is 19.8. The zero-order valence-corrected chi connectivity index (χ0v) is 32.7. The Labute approximate surface area is 300 Å². The number of carboxylic acids is 1. The summed E-state index contributed by atoms with van der Waals surface area (Å²) in [5, 5.41) is 20.6. The average Bonchev–Trinajstić information content (AvgIpc) is 3.72. The Morgan fingerprint density at radius 1 is 0.840 bits per heavy atom. The fraction of sp³-hybridized carbons (Fsp3) is 0.975. The predicted molar refractivity (Wildman–Crippen MR) is 187 cm³/mol. The summed E-state index contributed by atoms with van der Waals surface area (Å²) in [6, 6.07) is 0. The zero-order valence-electron chi connectivity index (χ0n) is 32.7. The van der Waals surface area contributed by atoms with Gasteiger partial charge in [-0.1, -0.05) is 41.5 Å². The van der Waals surface area contributed by atoms with Crippen molar-refractivity contribution in [3.63, 3.8) is 0 Å². The van der Waals surface area contributed by atoms with E-state index in [1.54, 1.807) is 21.0 Å². The minimum Gasteiger partial charge on any atom is -0.481 e. The maximum Gasteiger partial charge on any atom is 0.308 e. The van der Waals surface area contributed by atoms with Gasteiger partial charge in [0.1, 0.15) is 0 Å². The van der Waals surface area contributed by atoms with E-state index < -0.39 is 34.7 Å². The van der Waals surface area contributed by atoms with E-state index >= 15 is 0 Å². The van der Waals surface area contributed by atoms with E-state index in [1.165, 1.54) is 0 Å². The molecule has 6 aliphatic heterocycles. The van der Waals surface area contributed by atoms with Crippen LogP contribution in [0.2, 0.25) is 0 Å². The molecule has 6 fully saturated rings. The van der Waals surface area contributed by atoms with Gasteiger partial charge in [0.25, 0.3) is 0 Å². The summed E-state index contributed by atoms with van der Waals surface area (Å²) >= 11 is 0. The van der Waals surface area contributed by atoms with Crippen LogP contribution in [-0.4, -0.2) is 94.9 Å². The molecule has 0 saturated carbocycles. The number of carbonyl (C=O) groups is 1. The number of methoxy groups -OCH3 is 1. The number of aliphatic hydroxyl groups is 1. The molecule has 288 valence electrons. The third kappa shape index (κ3) is 6.96. The van der Waals surface area contributed by atoms with Crippen LogP contribution >= 0.6 is 0 Å². The van der Waals surface area contributed by atoms with Gasteiger partial charge in [-0.3, -0.25) is 4.79 Å². The minimum atomic E-state index is -1.15. The van der Waals surface area contributed by atoms with Gasteiger partial charge in [-0.25, -0.2) is 0 Å². The monoisotopic (exact) mass is 708 g/mol. The Kier molecular flexibility index (Phi) is 11.0. The summed E-state index contributed by atoms with van der Waals surface area (Å²) in [6.07, 6.45) is 6.64. The SMILES string of the molecule is CO[C@@H]1C[C@@H](C[C@H]2CC[C@H](C)[C@H]([C@@H](C)C(=O)O)O2)O[C@]2(O[C@](C)([C@H]3CC[C@@](C)([C@@H]4O[C@@H]([C@H]5O[C@](C)(O)[C@H](C)C[C@@H]5C)C[C@@H]4C)O3)C[C@H]2C)[C@@H]1C. The quantitative estimate of drug-likeness (QED) is 0.281. The third-order valence-corrected chi connectivity index (χ3v) is 14.4. The van der Waals surface area contributed by atoms with Crippen LogP contribution in [-0.2, 0) is 38.0 Å². The fourth-order valence-electron chi connectivity index (χ4n) is 11.2. The Morgan fingerprint density at radius 3 is 2.24 bits per heavy atom. The Bertz CT molecular complexity index is 1210. The van der Waals surface area contributed by atoms with Crippen LogP contribution in [0.15, 0.2) is 0 Å². The highest BCUT2D eigenvalue weighted by molar-refractivity contribution is 5.70. The van der Waals surface area contributed by atoms with Crippen LogP contribution < -0.4 is 0 Å². The maximum absolute atomic E-state index is 11.8. The standard InChI is InChI=1S/C40H68O10/c1-21-12-13-28(45-33(21)26(6)36(41)42)18-29-19-30(44-11)27(7)40(47-29)25(5)20-38(9,50-40)32-14-15-37(8,48-32)35-23(3)17-31(46-35)34-22(2)16-24(4)39(10,43)49-34/h21-35,43H,12-20H2,1-11H3,(H,41,42)/t21-,22-,23-,24+,25+,26+,27+,28+,29+,30+,31+,32+,33+,34-,35+,37-,38-,39-,40+/m0/s1. The summed E-state index contributed by atoms with van der Waals surface area (Å²) in [4.78, 5) is 11.8. The lowest BCUT2D eigenvalue weighted by atomic mass is 9.78. The van der Waals surface area contributed by atoms with Crippen LogP contribution in [0.25, 0.3) is 0 Å². The van der Waals surface area contributed by atoms with Crippen molar-refractivity contribution in [2.75, 3.05) is 7.11 Å². The van der Waals surface area contributed by atoms with Gasteiger partial charge in [-0.15, -0.1) is 0 Å². The highest BCUT2D eigenvalue weighted by Gasteiger charge is 2.65. The minimum absolute atomic E-state index is 0.0109. The van der Waals surface area contributed by atoms with E-state index in [0.29, 0.717) is 18.3 Å². The summed E-state index contributed by atoms with van der Waals surface area (Å²) in [5.41, 5.74) is -1.02. The number of aliphatic carboxylic acids is 1. The van der Waals surface area contributed by atoms with Crippen molar-refractivity contribution in [3.05, 3.63) is 0 Å². The van der Waals surface area contributed by atoms with E-state index in [1.807, 2.05) is 0 Å². The third-order valence-electron chi connectivity index (χ3n) is 14.4. The summed E-state index contributed by atoms with van der Waals surface area (Å²) in [5.74, 6) is -2.36. The molecule has 0 aromatic carbocycles. The summed E-state index contributed by atoms with van der Waals surface area (Å²) < 4.78 is 47.2. The fourth-order valence-corrected chi connectivity index (χ4v) is 11.2. The second kappa shape index (κ2) is 14.1. The van der Waals surface area contributed by atoms with Gasteiger partial charge in [0.05, 0.1) is 66.0 Å². The molecule has 6 saturated heterocycles. The van der Waals surface area contributed by atoms with Gasteiger partial charge < -0.3 is 43.4 Å². The Hall–Kier alpha value is -0.850. The second-order valence-corrected chi connectivity index (χ2v) is 18.4. The molecule has 0 unspecified atom stereocenters. The smallest absolute Gasteiger partial charge is 0.308 e. The van der Waals surface area contributed by atoms with Gasteiger partial charge in [-0.2, -0.15) is 0 Å². The van der Waals surface area contributed by atoms with Gasteiger partial charge in [0, 0.05) is 37.7 Å². The molecule has 1 spiro atoms. The molecule has 50 heavy (non-hydrogen) atoms. The second-order valence-electron chi connectivity index (χ2n) is 18.4. The first kappa shape index (κ1) is 38.9. The predicted octanol–water partition coefficient (Wildman–Crippen LogP) is 6.73. The largest absolute Gasteiger partial charge is 0.481 e. The summed E-state index contributed by atoms with van der Waals surface area (Å²) in [7, 11) is 1.78. The van der Waals surface area contributed by atoms with Crippen LogP contribution in [0.4, 0.5) is 0 Å². The van der Waals surface area contributed by atoms with Gasteiger partial charge >= 0.3 is 5.97 Å². The number of rotatable bonds is 8. The molecule has 0 aromatic rings. The van der Waals surface area contributed by atoms with Crippen LogP contribution in [0, 0.1) is 41.4 Å². The molecular formula is C40H68O10. The first-order valence-electron chi connectivity index (χ1n) is 19.8. The van der Waals surface area contributed by atoms with Gasteiger partial charge in [0.15, 0.2) is 11.6 Å². The van der Waals surface area contributed by atoms with Gasteiger partial charge in [0.2, 0.25) is 0 Å². The van der Waals surface area contributed by atoms with Crippen LogP contribution in [0.5, 0.6) is 0 Å². The number of ether oxygens (including phenoxy) is 7. The average molecular weight is 709 g/mol. The van der Waals surface area contributed by atoms with Crippen molar-refractivity contribution in [2.45, 2.75) is 199 Å². The molecule has 6 rings (SSSR count). The van der Waals surface area contributed by atoms with Crippen molar-refractivity contribution in [1.82, 2.24) is 0 Å². The number of carboxylic acid groups (broad SMARTS) is 1. The lowest BCUT2D eigenvalue weighted by Crippen LogP contribution is -2.58. The zero-order chi connectivity index (χ0) is 36.6. The number of hydrogen-bond acceptors (Lipinski definition) is 9. The molecule has 6 aliphatic rings. The van der Waals surface area contributed by atoms with Crippen LogP contribution in [0.3, 0.4) is 0 Å². The normalized spacial score (nSPS) is 55.0. The van der Waals surface area contributed by atoms with Crippen LogP contribution in [0.1, 0.15) is 127 Å².